The zero-order chi connectivity index (χ0) is 33.0. The van der Waals surface area contributed by atoms with Crippen molar-refractivity contribution in [3.63, 3.8) is 0 Å². The second-order valence-electron chi connectivity index (χ2n) is 11.5. The molecule has 10 nitrogen and oxygen atoms in total. The predicted molar refractivity (Wildman–Crippen MR) is 170 cm³/mol. The largest absolute Gasteiger partial charge is 0.481 e. The number of hydrogen-bond donors (Lipinski definition) is 3. The van der Waals surface area contributed by atoms with E-state index in [1.807, 2.05) is 4.90 Å². The minimum Gasteiger partial charge on any atom is -0.481 e. The van der Waals surface area contributed by atoms with Gasteiger partial charge >= 0.3 is 12.1 Å². The molecule has 252 valence electrons. The average molecular weight is 688 g/mol. The van der Waals surface area contributed by atoms with E-state index < -0.39 is 29.0 Å². The van der Waals surface area contributed by atoms with Crippen LogP contribution >= 0.6 is 23.4 Å². The molecule has 1 aromatic carbocycles. The molecule has 5 rings (SSSR count). The van der Waals surface area contributed by atoms with Gasteiger partial charge in [0, 0.05) is 50.8 Å². The SMILES string of the molecule is CC[C@@H]1CCCN1CC1=C(c2ccc(Cl)c(C(F)(F)F)c2)NC(Nc2ncnc(N3CCN(CCC(=O)O)[C@H](COC)C3)c2F)S1. The van der Waals surface area contributed by atoms with Crippen LogP contribution in [-0.2, 0) is 15.7 Å². The molecule has 2 saturated heterocycles. The highest BCUT2D eigenvalue weighted by Gasteiger charge is 2.36. The molecule has 3 atom stereocenters. The first kappa shape index (κ1) is 34.5. The average Bonchev–Trinajstić information content (AvgIpc) is 3.64. The van der Waals surface area contributed by atoms with Crippen LogP contribution in [0.4, 0.5) is 29.2 Å². The quantitative estimate of drug-likeness (QED) is 0.257. The van der Waals surface area contributed by atoms with Gasteiger partial charge < -0.3 is 25.4 Å². The fourth-order valence-electron chi connectivity index (χ4n) is 6.29. The standard InChI is InChI=1S/C30H38ClF4N7O3S/c1-3-19-5-4-9-41(19)15-23-26(18-6-7-22(31)21(13-18)30(33,34)35)38-29(46-23)39-27-25(32)28(37-17-36-27)42-12-11-40(10-8-24(43)44)20(14-42)16-45-2/h6-7,13,17,19-20,29,38H,3-5,8-12,14-16H2,1-2H3,(H,43,44)(H,36,37,39)/t19-,20+,29?/m1/s1. The highest BCUT2D eigenvalue weighted by Crippen LogP contribution is 2.41. The summed E-state index contributed by atoms with van der Waals surface area (Å²) < 4.78 is 62.6. The van der Waals surface area contributed by atoms with Crippen molar-refractivity contribution in [2.75, 3.05) is 63.2 Å². The zero-order valence-electron chi connectivity index (χ0n) is 25.6. The van der Waals surface area contributed by atoms with Crippen molar-refractivity contribution < 1.29 is 32.2 Å². The van der Waals surface area contributed by atoms with E-state index in [2.05, 4.69) is 32.4 Å². The van der Waals surface area contributed by atoms with Gasteiger partial charge in [-0.3, -0.25) is 14.6 Å². The molecule has 3 aliphatic heterocycles. The smallest absolute Gasteiger partial charge is 0.417 e. The Morgan fingerprint density at radius 2 is 2.02 bits per heavy atom. The number of ether oxygens (including phenoxy) is 1. The summed E-state index contributed by atoms with van der Waals surface area (Å²) in [6, 6.07) is 4.07. The van der Waals surface area contributed by atoms with E-state index in [0.717, 1.165) is 36.8 Å². The fourth-order valence-corrected chi connectivity index (χ4v) is 7.68. The van der Waals surface area contributed by atoms with Crippen molar-refractivity contribution in [3.05, 3.63) is 51.4 Å². The van der Waals surface area contributed by atoms with Crippen LogP contribution in [0.15, 0.2) is 29.4 Å². The molecular formula is C30H38ClF4N7O3S. The van der Waals surface area contributed by atoms with Gasteiger partial charge in [0.2, 0.25) is 5.82 Å². The number of carbonyl (C=O) groups is 1. The Balaban J connectivity index is 1.36. The van der Waals surface area contributed by atoms with Crippen LogP contribution in [0.1, 0.15) is 43.7 Å². The van der Waals surface area contributed by atoms with Gasteiger partial charge in [0.25, 0.3) is 0 Å². The number of aromatic nitrogens is 2. The summed E-state index contributed by atoms with van der Waals surface area (Å²) in [7, 11) is 1.56. The number of aliphatic carboxylic acids is 1. The van der Waals surface area contributed by atoms with E-state index in [-0.39, 0.29) is 29.1 Å². The van der Waals surface area contributed by atoms with E-state index in [1.165, 1.54) is 24.2 Å². The number of piperazine rings is 1. The minimum atomic E-state index is -4.62. The van der Waals surface area contributed by atoms with E-state index in [4.69, 9.17) is 21.4 Å². The first-order valence-corrected chi connectivity index (χ1v) is 16.5. The van der Waals surface area contributed by atoms with E-state index >= 15 is 4.39 Å². The highest BCUT2D eigenvalue weighted by atomic mass is 35.5. The number of carboxylic acid groups (broad SMARTS) is 1. The first-order valence-electron chi connectivity index (χ1n) is 15.2. The molecule has 3 aliphatic rings. The Labute approximate surface area is 274 Å². The Morgan fingerprint density at radius 3 is 2.74 bits per heavy atom. The third kappa shape index (κ3) is 7.98. The molecule has 0 amide bonds. The third-order valence-electron chi connectivity index (χ3n) is 8.61. The lowest BCUT2D eigenvalue weighted by molar-refractivity contribution is -0.138. The molecule has 2 aromatic rings. The monoisotopic (exact) mass is 687 g/mol. The number of benzene rings is 1. The molecule has 0 bridgehead atoms. The fraction of sp³-hybridized carbons (Fsp3) is 0.567. The number of alkyl halides is 3. The Bertz CT molecular complexity index is 1440. The van der Waals surface area contributed by atoms with Gasteiger partial charge in [-0.1, -0.05) is 36.4 Å². The summed E-state index contributed by atoms with van der Waals surface area (Å²) in [6.07, 6.45) is -0.285. The minimum absolute atomic E-state index is 0.00931. The van der Waals surface area contributed by atoms with Gasteiger partial charge in [-0.05, 0) is 43.5 Å². The van der Waals surface area contributed by atoms with Gasteiger partial charge in [-0.15, -0.1) is 0 Å². The maximum atomic E-state index is 16.0. The van der Waals surface area contributed by atoms with Crippen LogP contribution in [0, 0.1) is 5.82 Å². The number of likely N-dealkylation sites (tertiary alicyclic amines) is 1. The van der Waals surface area contributed by atoms with Gasteiger partial charge in [-0.2, -0.15) is 17.6 Å². The third-order valence-corrected chi connectivity index (χ3v) is 10.0. The van der Waals surface area contributed by atoms with Crippen molar-refractivity contribution in [1.82, 2.24) is 25.1 Å². The Morgan fingerprint density at radius 1 is 1.22 bits per heavy atom. The molecular weight excluding hydrogens is 650 g/mol. The van der Waals surface area contributed by atoms with Crippen molar-refractivity contribution >= 4 is 46.7 Å². The zero-order valence-corrected chi connectivity index (χ0v) is 27.2. The normalized spacial score (nSPS) is 22.8. The molecule has 16 heteroatoms. The van der Waals surface area contributed by atoms with Crippen LogP contribution in [0.3, 0.4) is 0 Å². The topological polar surface area (TPSA) is 106 Å². The molecule has 0 radical (unpaired) electrons. The van der Waals surface area contributed by atoms with Crippen molar-refractivity contribution in [3.8, 4) is 0 Å². The summed E-state index contributed by atoms with van der Waals surface area (Å²) in [4.78, 5) is 26.5. The molecule has 0 saturated carbocycles. The molecule has 4 heterocycles. The van der Waals surface area contributed by atoms with Crippen LogP contribution in [-0.4, -0.2) is 101 Å². The number of nitrogens with zero attached hydrogens (tertiary/aromatic N) is 5. The first-order chi connectivity index (χ1) is 22.0. The summed E-state index contributed by atoms with van der Waals surface area (Å²) in [5.74, 6) is -1.50. The van der Waals surface area contributed by atoms with Crippen LogP contribution in [0.25, 0.3) is 5.70 Å². The van der Waals surface area contributed by atoms with Crippen LogP contribution in [0.2, 0.25) is 5.02 Å². The van der Waals surface area contributed by atoms with Gasteiger partial charge in [0.15, 0.2) is 17.1 Å². The molecule has 0 spiro atoms. The molecule has 1 unspecified atom stereocenters. The van der Waals surface area contributed by atoms with Crippen molar-refractivity contribution in [2.45, 2.75) is 56.4 Å². The number of halogens is 5. The Kier molecular flexibility index (Phi) is 11.2. The number of carboxylic acids is 1. The second-order valence-corrected chi connectivity index (χ2v) is 13.2. The number of methoxy groups -OCH3 is 1. The summed E-state index contributed by atoms with van der Waals surface area (Å²) in [6.45, 7) is 5.54. The van der Waals surface area contributed by atoms with Gasteiger partial charge in [0.1, 0.15) is 6.33 Å². The number of nitrogens with one attached hydrogen (secondary N) is 2. The summed E-state index contributed by atoms with van der Waals surface area (Å²) in [5, 5.41) is 15.1. The second kappa shape index (κ2) is 14.9. The molecule has 0 aliphatic carbocycles. The van der Waals surface area contributed by atoms with Crippen molar-refractivity contribution in [1.29, 1.82) is 0 Å². The predicted octanol–water partition coefficient (Wildman–Crippen LogP) is 5.17. The van der Waals surface area contributed by atoms with E-state index in [9.17, 15) is 18.0 Å². The van der Waals surface area contributed by atoms with Crippen LogP contribution in [0.5, 0.6) is 0 Å². The lowest BCUT2D eigenvalue weighted by Crippen LogP contribution is -2.55. The summed E-state index contributed by atoms with van der Waals surface area (Å²) >= 11 is 7.30. The maximum Gasteiger partial charge on any atom is 0.417 e. The molecule has 46 heavy (non-hydrogen) atoms. The maximum absolute atomic E-state index is 16.0. The van der Waals surface area contributed by atoms with Crippen molar-refractivity contribution in [2.24, 2.45) is 0 Å². The van der Waals surface area contributed by atoms with Gasteiger partial charge in [-0.25, -0.2) is 9.97 Å². The lowest BCUT2D eigenvalue weighted by Gasteiger charge is -2.41. The van der Waals surface area contributed by atoms with Crippen LogP contribution < -0.4 is 15.5 Å². The summed E-state index contributed by atoms with van der Waals surface area (Å²) in [5.41, 5.74) is -0.676. The molecule has 2 fully saturated rings. The number of thioether (sulfide) groups is 1. The molecule has 3 N–H and O–H groups in total. The number of anilines is 2. The number of rotatable bonds is 12. The van der Waals surface area contributed by atoms with Gasteiger partial charge in [0.05, 0.1) is 35.4 Å². The van der Waals surface area contributed by atoms with E-state index in [1.54, 1.807) is 18.1 Å². The Hall–Kier alpha value is -2.85. The molecule has 1 aromatic heterocycles. The number of hydrogen-bond acceptors (Lipinski definition) is 10. The lowest BCUT2D eigenvalue weighted by atomic mass is 10.1. The van der Waals surface area contributed by atoms with E-state index in [0.29, 0.717) is 56.6 Å². The highest BCUT2D eigenvalue weighted by molar-refractivity contribution is 8.04.